The first-order valence-corrected chi connectivity index (χ1v) is 4.30. The molecule has 2 rings (SSSR count). The minimum absolute atomic E-state index is 0.188. The van der Waals surface area contributed by atoms with Crippen LogP contribution >= 0.6 is 0 Å². The van der Waals surface area contributed by atoms with E-state index in [0.29, 0.717) is 11.4 Å². The molecule has 15 heavy (non-hydrogen) atoms. The second-order valence-corrected chi connectivity index (χ2v) is 3.10. The molecule has 0 radical (unpaired) electrons. The van der Waals surface area contributed by atoms with E-state index in [1.807, 2.05) is 13.0 Å². The van der Waals surface area contributed by atoms with Gasteiger partial charge in [-0.3, -0.25) is 4.98 Å². The average molecular weight is 204 g/mol. The Hall–Kier alpha value is -2.17. The van der Waals surface area contributed by atoms with Gasteiger partial charge in [0.25, 0.3) is 0 Å². The molecule has 0 atom stereocenters. The summed E-state index contributed by atoms with van der Waals surface area (Å²) < 4.78 is 4.62. The lowest BCUT2D eigenvalue weighted by atomic mass is 10.2. The number of pyridine rings is 1. The Morgan fingerprint density at radius 1 is 1.40 bits per heavy atom. The fourth-order valence-electron chi connectivity index (χ4n) is 1.12. The summed E-state index contributed by atoms with van der Waals surface area (Å²) in [5.41, 5.74) is 2.05. The summed E-state index contributed by atoms with van der Waals surface area (Å²) in [5, 5.41) is 12.3. The number of aromatic nitrogens is 2. The minimum atomic E-state index is -1.14. The Morgan fingerprint density at radius 3 is 2.73 bits per heavy atom. The fraction of sp³-hybridized carbons (Fsp3) is 0.100. The molecule has 0 aliphatic rings. The molecular formula is C10H8N2O3. The first kappa shape index (κ1) is 9.39. The number of hydrogen-bond donors (Lipinski definition) is 1. The summed E-state index contributed by atoms with van der Waals surface area (Å²) in [6, 6.07) is 4.98. The van der Waals surface area contributed by atoms with Gasteiger partial charge in [0.05, 0.1) is 5.69 Å². The van der Waals surface area contributed by atoms with Crippen molar-refractivity contribution in [1.82, 2.24) is 10.1 Å². The van der Waals surface area contributed by atoms with Gasteiger partial charge in [0, 0.05) is 12.3 Å². The third kappa shape index (κ3) is 1.85. The largest absolute Gasteiger partial charge is 0.475 e. The standard InChI is InChI=1S/C10H8N2O3/c1-6-2-3-7(11-5-6)8-4-9(10(13)14)15-12-8/h2-5H,1H3,(H,13,14). The molecule has 0 spiro atoms. The maximum absolute atomic E-state index is 10.5. The number of carbonyl (C=O) groups is 1. The molecule has 0 amide bonds. The monoisotopic (exact) mass is 204 g/mol. The van der Waals surface area contributed by atoms with E-state index in [4.69, 9.17) is 5.11 Å². The zero-order valence-corrected chi connectivity index (χ0v) is 7.97. The quantitative estimate of drug-likeness (QED) is 0.806. The van der Waals surface area contributed by atoms with Crippen LogP contribution in [0.25, 0.3) is 11.4 Å². The molecule has 0 bridgehead atoms. The van der Waals surface area contributed by atoms with Crippen LogP contribution in [0, 0.1) is 6.92 Å². The lowest BCUT2D eigenvalue weighted by molar-refractivity contribution is 0.0652. The highest BCUT2D eigenvalue weighted by atomic mass is 16.5. The van der Waals surface area contributed by atoms with Crippen LogP contribution in [0.15, 0.2) is 28.9 Å². The van der Waals surface area contributed by atoms with E-state index in [-0.39, 0.29) is 5.76 Å². The van der Waals surface area contributed by atoms with E-state index in [9.17, 15) is 4.79 Å². The Balaban J connectivity index is 2.37. The molecule has 2 aromatic rings. The maximum atomic E-state index is 10.5. The lowest BCUT2D eigenvalue weighted by Gasteiger charge is -1.94. The van der Waals surface area contributed by atoms with E-state index in [0.717, 1.165) is 5.56 Å². The van der Waals surface area contributed by atoms with Crippen LogP contribution in [0.3, 0.4) is 0 Å². The summed E-state index contributed by atoms with van der Waals surface area (Å²) in [6.45, 7) is 1.92. The highest BCUT2D eigenvalue weighted by Gasteiger charge is 2.12. The van der Waals surface area contributed by atoms with Crippen molar-refractivity contribution in [1.29, 1.82) is 0 Å². The molecule has 0 unspecified atom stereocenters. The number of nitrogens with zero attached hydrogens (tertiary/aromatic N) is 2. The minimum Gasteiger partial charge on any atom is -0.475 e. The van der Waals surface area contributed by atoms with Crippen molar-refractivity contribution in [3.8, 4) is 11.4 Å². The van der Waals surface area contributed by atoms with Crippen molar-refractivity contribution >= 4 is 5.97 Å². The molecule has 0 saturated carbocycles. The van der Waals surface area contributed by atoms with Crippen LogP contribution in [-0.2, 0) is 0 Å². The van der Waals surface area contributed by atoms with E-state index in [2.05, 4.69) is 14.7 Å². The average Bonchev–Trinajstić information content (AvgIpc) is 2.68. The van der Waals surface area contributed by atoms with Gasteiger partial charge < -0.3 is 9.63 Å². The summed E-state index contributed by atoms with van der Waals surface area (Å²) >= 11 is 0. The van der Waals surface area contributed by atoms with Crippen molar-refractivity contribution in [2.45, 2.75) is 6.92 Å². The van der Waals surface area contributed by atoms with Gasteiger partial charge in [0.15, 0.2) is 0 Å². The van der Waals surface area contributed by atoms with E-state index in [1.165, 1.54) is 6.07 Å². The molecule has 2 aromatic heterocycles. The highest BCUT2D eigenvalue weighted by Crippen LogP contribution is 2.16. The lowest BCUT2D eigenvalue weighted by Crippen LogP contribution is -1.91. The third-order valence-corrected chi connectivity index (χ3v) is 1.89. The molecule has 2 heterocycles. The molecule has 5 nitrogen and oxygen atoms in total. The molecule has 0 aromatic carbocycles. The third-order valence-electron chi connectivity index (χ3n) is 1.89. The van der Waals surface area contributed by atoms with Gasteiger partial charge >= 0.3 is 5.97 Å². The van der Waals surface area contributed by atoms with E-state index in [1.54, 1.807) is 12.3 Å². The van der Waals surface area contributed by atoms with Gasteiger partial charge in [0.2, 0.25) is 5.76 Å². The summed E-state index contributed by atoms with van der Waals surface area (Å²) in [6.07, 6.45) is 1.68. The van der Waals surface area contributed by atoms with Gasteiger partial charge in [-0.15, -0.1) is 0 Å². The van der Waals surface area contributed by atoms with Gasteiger partial charge in [0.1, 0.15) is 5.69 Å². The highest BCUT2D eigenvalue weighted by molar-refractivity contribution is 5.85. The topological polar surface area (TPSA) is 76.2 Å². The van der Waals surface area contributed by atoms with Crippen LogP contribution in [-0.4, -0.2) is 21.2 Å². The van der Waals surface area contributed by atoms with Crippen LogP contribution in [0.4, 0.5) is 0 Å². The Bertz CT molecular complexity index is 488. The molecule has 76 valence electrons. The van der Waals surface area contributed by atoms with Crippen LogP contribution in [0.1, 0.15) is 16.1 Å². The Kier molecular flexibility index (Phi) is 2.21. The normalized spacial score (nSPS) is 10.2. The van der Waals surface area contributed by atoms with Gasteiger partial charge in [-0.05, 0) is 18.6 Å². The number of rotatable bonds is 2. The van der Waals surface area contributed by atoms with Crippen molar-refractivity contribution in [2.24, 2.45) is 0 Å². The molecule has 1 N–H and O–H groups in total. The van der Waals surface area contributed by atoms with Crippen LogP contribution in [0.2, 0.25) is 0 Å². The predicted octanol–water partition coefficient (Wildman–Crippen LogP) is 1.74. The smallest absolute Gasteiger partial charge is 0.374 e. The first-order chi connectivity index (χ1) is 7.16. The second-order valence-electron chi connectivity index (χ2n) is 3.10. The summed E-state index contributed by atoms with van der Waals surface area (Å²) in [7, 11) is 0. The Labute approximate surface area is 85.4 Å². The molecular weight excluding hydrogens is 196 g/mol. The first-order valence-electron chi connectivity index (χ1n) is 4.30. The van der Waals surface area contributed by atoms with Crippen molar-refractivity contribution in [3.63, 3.8) is 0 Å². The van der Waals surface area contributed by atoms with Crippen LogP contribution in [0.5, 0.6) is 0 Å². The van der Waals surface area contributed by atoms with Gasteiger partial charge in [-0.25, -0.2) is 4.79 Å². The number of aromatic carboxylic acids is 1. The molecule has 0 aliphatic heterocycles. The molecule has 0 fully saturated rings. The second kappa shape index (κ2) is 3.53. The van der Waals surface area contributed by atoms with Gasteiger partial charge in [-0.1, -0.05) is 11.2 Å². The molecule has 0 aliphatic carbocycles. The van der Waals surface area contributed by atoms with Crippen molar-refractivity contribution in [3.05, 3.63) is 35.7 Å². The maximum Gasteiger partial charge on any atom is 0.374 e. The van der Waals surface area contributed by atoms with Crippen LogP contribution < -0.4 is 0 Å². The molecule has 0 saturated heterocycles. The number of carboxylic acids is 1. The van der Waals surface area contributed by atoms with Crippen molar-refractivity contribution < 1.29 is 14.4 Å². The number of carboxylic acid groups (broad SMARTS) is 1. The summed E-state index contributed by atoms with van der Waals surface area (Å²) in [4.78, 5) is 14.7. The fourth-order valence-corrected chi connectivity index (χ4v) is 1.12. The van der Waals surface area contributed by atoms with E-state index >= 15 is 0 Å². The SMILES string of the molecule is Cc1ccc(-c2cc(C(=O)O)on2)nc1. The number of aryl methyl sites for hydroxylation is 1. The zero-order valence-electron chi connectivity index (χ0n) is 7.97. The number of hydrogen-bond acceptors (Lipinski definition) is 4. The zero-order chi connectivity index (χ0) is 10.8. The Morgan fingerprint density at radius 2 is 2.20 bits per heavy atom. The van der Waals surface area contributed by atoms with Gasteiger partial charge in [-0.2, -0.15) is 0 Å². The van der Waals surface area contributed by atoms with Crippen molar-refractivity contribution in [2.75, 3.05) is 0 Å². The predicted molar refractivity (Wildman–Crippen MR) is 51.4 cm³/mol. The van der Waals surface area contributed by atoms with E-state index < -0.39 is 5.97 Å². The molecule has 5 heteroatoms. The summed E-state index contributed by atoms with van der Waals surface area (Å²) in [5.74, 6) is -1.33.